The van der Waals surface area contributed by atoms with Gasteiger partial charge in [0.25, 0.3) is 0 Å². The number of rotatable bonds is 2. The van der Waals surface area contributed by atoms with Crippen LogP contribution in [0.1, 0.15) is 18.1 Å². The van der Waals surface area contributed by atoms with Crippen LogP contribution in [0.3, 0.4) is 0 Å². The predicted octanol–water partition coefficient (Wildman–Crippen LogP) is 3.00. The lowest BCUT2D eigenvalue weighted by Gasteiger charge is -2.16. The maximum absolute atomic E-state index is 14.0. The summed E-state index contributed by atoms with van der Waals surface area (Å²) in [5.74, 6) is 0. The van der Waals surface area contributed by atoms with Gasteiger partial charge in [-0.25, -0.2) is 4.39 Å². The van der Waals surface area contributed by atoms with Crippen molar-refractivity contribution in [3.8, 4) is 0 Å². The molecule has 3 heteroatoms. The summed E-state index contributed by atoms with van der Waals surface area (Å²) in [4.78, 5) is 0. The van der Waals surface area contributed by atoms with Gasteiger partial charge in [-0.15, -0.1) is 0 Å². The van der Waals surface area contributed by atoms with Gasteiger partial charge in [0.15, 0.2) is 0 Å². The number of ether oxygens (including phenoxy) is 1. The zero-order valence-corrected chi connectivity index (χ0v) is 9.92. The van der Waals surface area contributed by atoms with E-state index in [9.17, 15) is 4.39 Å². The van der Waals surface area contributed by atoms with Crippen LogP contribution in [0.4, 0.5) is 4.39 Å². The molecule has 1 aliphatic rings. The van der Waals surface area contributed by atoms with Crippen molar-refractivity contribution in [2.45, 2.75) is 24.8 Å². The van der Waals surface area contributed by atoms with Crippen molar-refractivity contribution >= 4 is 10.8 Å². The summed E-state index contributed by atoms with van der Waals surface area (Å²) in [7, 11) is 0. The number of alkyl halides is 1. The molecular formula is C15H15FO2. The van der Waals surface area contributed by atoms with Crippen molar-refractivity contribution in [1.29, 1.82) is 0 Å². The minimum absolute atomic E-state index is 0.123. The topological polar surface area (TPSA) is 29.5 Å². The van der Waals surface area contributed by atoms with Gasteiger partial charge in [-0.1, -0.05) is 42.5 Å². The molecule has 2 aromatic rings. The zero-order valence-electron chi connectivity index (χ0n) is 9.92. The lowest BCUT2D eigenvalue weighted by atomic mass is 9.98. The Hall–Kier alpha value is -1.45. The van der Waals surface area contributed by atoms with Crippen LogP contribution in [-0.2, 0) is 4.74 Å². The number of halogens is 1. The van der Waals surface area contributed by atoms with E-state index >= 15 is 0 Å². The second-order valence-electron chi connectivity index (χ2n) is 4.68. The number of fused-ring (bicyclic) bond motifs is 1. The van der Waals surface area contributed by atoms with E-state index in [-0.39, 0.29) is 19.1 Å². The quantitative estimate of drug-likeness (QED) is 0.882. The largest absolute Gasteiger partial charge is 0.394 e. The highest BCUT2D eigenvalue weighted by molar-refractivity contribution is 5.86. The minimum Gasteiger partial charge on any atom is -0.394 e. The summed E-state index contributed by atoms with van der Waals surface area (Å²) in [5, 5.41) is 11.2. The molecule has 1 N–H and O–H groups in total. The predicted molar refractivity (Wildman–Crippen MR) is 68.2 cm³/mol. The van der Waals surface area contributed by atoms with E-state index in [0.717, 1.165) is 16.3 Å². The molecule has 1 fully saturated rings. The molecule has 0 radical (unpaired) electrons. The number of aliphatic hydroxyl groups is 1. The van der Waals surface area contributed by atoms with Crippen LogP contribution < -0.4 is 0 Å². The standard InChI is InChI=1S/C15H15FO2/c16-14-8-11(9-17)18-15(14)13-7-3-5-10-4-1-2-6-12(10)13/h1-7,11,14-15,17H,8-9H2/t11-,14+,15-/m0/s1. The van der Waals surface area contributed by atoms with Gasteiger partial charge in [0, 0.05) is 6.42 Å². The first-order valence-electron chi connectivity index (χ1n) is 6.17. The molecule has 2 nitrogen and oxygen atoms in total. The van der Waals surface area contributed by atoms with E-state index in [2.05, 4.69) is 0 Å². The lowest BCUT2D eigenvalue weighted by Crippen LogP contribution is -2.11. The molecule has 0 spiro atoms. The van der Waals surface area contributed by atoms with Gasteiger partial charge in [-0.2, -0.15) is 0 Å². The molecular weight excluding hydrogens is 231 g/mol. The normalized spacial score (nSPS) is 27.8. The maximum atomic E-state index is 14.0. The number of benzene rings is 2. The smallest absolute Gasteiger partial charge is 0.133 e. The summed E-state index contributed by atoms with van der Waals surface area (Å²) < 4.78 is 19.6. The first-order chi connectivity index (χ1) is 8.79. The maximum Gasteiger partial charge on any atom is 0.133 e. The van der Waals surface area contributed by atoms with Crippen molar-refractivity contribution in [1.82, 2.24) is 0 Å². The molecule has 0 bridgehead atoms. The van der Waals surface area contributed by atoms with Crippen LogP contribution in [0.15, 0.2) is 42.5 Å². The molecule has 1 aliphatic heterocycles. The Morgan fingerprint density at radius 2 is 1.94 bits per heavy atom. The van der Waals surface area contributed by atoms with Crippen LogP contribution in [0.5, 0.6) is 0 Å². The Labute approximate surface area is 105 Å². The number of hydrogen-bond acceptors (Lipinski definition) is 2. The van der Waals surface area contributed by atoms with E-state index in [1.165, 1.54) is 0 Å². The third kappa shape index (κ3) is 1.89. The Kier molecular flexibility index (Phi) is 3.02. The van der Waals surface area contributed by atoms with Gasteiger partial charge >= 0.3 is 0 Å². The highest BCUT2D eigenvalue weighted by Gasteiger charge is 2.36. The van der Waals surface area contributed by atoms with E-state index in [4.69, 9.17) is 9.84 Å². The van der Waals surface area contributed by atoms with Crippen LogP contribution in [0.25, 0.3) is 10.8 Å². The van der Waals surface area contributed by atoms with Gasteiger partial charge in [0.2, 0.25) is 0 Å². The van der Waals surface area contributed by atoms with Gasteiger partial charge in [-0.05, 0) is 16.3 Å². The van der Waals surface area contributed by atoms with Crippen molar-refractivity contribution in [3.05, 3.63) is 48.0 Å². The van der Waals surface area contributed by atoms with Crippen molar-refractivity contribution in [2.24, 2.45) is 0 Å². The molecule has 0 aliphatic carbocycles. The summed E-state index contributed by atoms with van der Waals surface area (Å²) in [6, 6.07) is 13.7. The summed E-state index contributed by atoms with van der Waals surface area (Å²) in [6.45, 7) is -0.123. The van der Waals surface area contributed by atoms with E-state index < -0.39 is 12.3 Å². The first kappa shape index (κ1) is 11.6. The average molecular weight is 246 g/mol. The van der Waals surface area contributed by atoms with Crippen LogP contribution in [0.2, 0.25) is 0 Å². The minimum atomic E-state index is -1.05. The molecule has 0 saturated carbocycles. The summed E-state index contributed by atoms with van der Waals surface area (Å²) in [6.07, 6.45) is -1.73. The van der Waals surface area contributed by atoms with Crippen molar-refractivity contribution in [2.75, 3.05) is 6.61 Å². The fourth-order valence-electron chi connectivity index (χ4n) is 2.61. The number of hydrogen-bond donors (Lipinski definition) is 1. The lowest BCUT2D eigenvalue weighted by molar-refractivity contribution is 0.00143. The summed E-state index contributed by atoms with van der Waals surface area (Å²) >= 11 is 0. The molecule has 3 atom stereocenters. The Morgan fingerprint density at radius 1 is 1.17 bits per heavy atom. The third-order valence-corrected chi connectivity index (χ3v) is 3.49. The Morgan fingerprint density at radius 3 is 2.72 bits per heavy atom. The molecule has 3 rings (SSSR count). The number of aliphatic hydroxyl groups excluding tert-OH is 1. The second kappa shape index (κ2) is 4.67. The SMILES string of the molecule is OC[C@@H]1C[C@@H](F)[C@H](c2cccc3ccccc23)O1. The third-order valence-electron chi connectivity index (χ3n) is 3.49. The molecule has 0 unspecified atom stereocenters. The molecule has 0 amide bonds. The summed E-state index contributed by atoms with van der Waals surface area (Å²) in [5.41, 5.74) is 0.872. The van der Waals surface area contributed by atoms with Crippen molar-refractivity contribution < 1.29 is 14.2 Å². The van der Waals surface area contributed by atoms with E-state index in [1.54, 1.807) is 0 Å². The first-order valence-corrected chi connectivity index (χ1v) is 6.17. The molecule has 2 aromatic carbocycles. The molecule has 1 saturated heterocycles. The highest BCUT2D eigenvalue weighted by Crippen LogP contribution is 2.38. The van der Waals surface area contributed by atoms with Gasteiger partial charge in [0.05, 0.1) is 12.7 Å². The van der Waals surface area contributed by atoms with Crippen LogP contribution >= 0.6 is 0 Å². The van der Waals surface area contributed by atoms with Gasteiger partial charge in [0.1, 0.15) is 12.3 Å². The van der Waals surface area contributed by atoms with E-state index in [1.807, 2.05) is 42.5 Å². The van der Waals surface area contributed by atoms with Gasteiger partial charge in [-0.3, -0.25) is 0 Å². The highest BCUT2D eigenvalue weighted by atomic mass is 19.1. The molecule has 94 valence electrons. The Bertz CT molecular complexity index is 550. The molecule has 1 heterocycles. The van der Waals surface area contributed by atoms with Crippen molar-refractivity contribution in [3.63, 3.8) is 0 Å². The fourth-order valence-corrected chi connectivity index (χ4v) is 2.61. The van der Waals surface area contributed by atoms with Crippen LogP contribution in [-0.4, -0.2) is 24.0 Å². The zero-order chi connectivity index (χ0) is 12.5. The second-order valence-corrected chi connectivity index (χ2v) is 4.68. The van der Waals surface area contributed by atoms with Crippen LogP contribution in [0, 0.1) is 0 Å². The average Bonchev–Trinajstić information content (AvgIpc) is 2.79. The monoisotopic (exact) mass is 246 g/mol. The fraction of sp³-hybridized carbons (Fsp3) is 0.333. The Balaban J connectivity index is 2.04. The molecule has 0 aromatic heterocycles. The van der Waals surface area contributed by atoms with Gasteiger partial charge < -0.3 is 9.84 Å². The molecule has 18 heavy (non-hydrogen) atoms. The van der Waals surface area contributed by atoms with E-state index in [0.29, 0.717) is 0 Å².